The number of nitrogens with zero attached hydrogens (tertiary/aromatic N) is 2. The first-order valence-electron chi connectivity index (χ1n) is 6.33. The fraction of sp³-hybridized carbons (Fsp3) is 0.286. The second-order valence-corrected chi connectivity index (χ2v) is 4.86. The molecule has 2 N–H and O–H groups in total. The highest BCUT2D eigenvalue weighted by Gasteiger charge is 2.09. The number of methoxy groups -OCH3 is 2. The van der Waals surface area contributed by atoms with Gasteiger partial charge in [-0.3, -0.25) is 4.68 Å². The molecule has 0 aliphatic heterocycles. The maximum absolute atomic E-state index is 5.32. The molecule has 2 aromatic rings. The zero-order valence-corrected chi connectivity index (χ0v) is 13.2. The van der Waals surface area contributed by atoms with Crippen LogP contribution in [0.25, 0.3) is 0 Å². The molecule has 0 bridgehead atoms. The number of thiocarbonyl (C=S) groups is 1. The third-order valence-electron chi connectivity index (χ3n) is 2.92. The maximum atomic E-state index is 5.32. The summed E-state index contributed by atoms with van der Waals surface area (Å²) in [6, 6.07) is 5.48. The summed E-state index contributed by atoms with van der Waals surface area (Å²) in [5.74, 6) is 1.38. The first-order valence-corrected chi connectivity index (χ1v) is 6.74. The van der Waals surface area contributed by atoms with Gasteiger partial charge in [0.1, 0.15) is 11.5 Å². The lowest BCUT2D eigenvalue weighted by Gasteiger charge is -2.13. The Balaban J connectivity index is 2.10. The zero-order chi connectivity index (χ0) is 15.4. The van der Waals surface area contributed by atoms with Crippen LogP contribution in [0.4, 0.5) is 11.4 Å². The van der Waals surface area contributed by atoms with E-state index in [9.17, 15) is 0 Å². The molecule has 6 nitrogen and oxygen atoms in total. The van der Waals surface area contributed by atoms with Crippen molar-refractivity contribution in [2.45, 2.75) is 6.92 Å². The van der Waals surface area contributed by atoms with Crippen LogP contribution in [-0.2, 0) is 7.05 Å². The monoisotopic (exact) mass is 306 g/mol. The third kappa shape index (κ3) is 3.63. The smallest absolute Gasteiger partial charge is 0.175 e. The lowest BCUT2D eigenvalue weighted by atomic mass is 10.2. The van der Waals surface area contributed by atoms with Crippen molar-refractivity contribution in [3.8, 4) is 11.5 Å². The minimum absolute atomic E-state index is 0.467. The molecular weight excluding hydrogens is 288 g/mol. The number of hydrogen-bond acceptors (Lipinski definition) is 4. The molecule has 0 amide bonds. The molecule has 7 heteroatoms. The molecule has 0 fully saturated rings. The van der Waals surface area contributed by atoms with E-state index in [1.807, 2.05) is 32.3 Å². The Labute approximate surface area is 129 Å². The topological polar surface area (TPSA) is 60.3 Å². The highest BCUT2D eigenvalue weighted by molar-refractivity contribution is 7.80. The van der Waals surface area contributed by atoms with E-state index in [1.54, 1.807) is 25.0 Å². The Kier molecular flexibility index (Phi) is 4.64. The van der Waals surface area contributed by atoms with Gasteiger partial charge in [0.05, 0.1) is 31.3 Å². The van der Waals surface area contributed by atoms with Gasteiger partial charge in [0.2, 0.25) is 0 Å². The van der Waals surface area contributed by atoms with Gasteiger partial charge in [-0.1, -0.05) is 0 Å². The number of hydrogen-bond donors (Lipinski definition) is 2. The first kappa shape index (κ1) is 15.1. The number of aryl methyl sites for hydroxylation is 2. The van der Waals surface area contributed by atoms with Gasteiger partial charge < -0.3 is 20.1 Å². The average Bonchev–Trinajstić information content (AvgIpc) is 2.77. The summed E-state index contributed by atoms with van der Waals surface area (Å²) in [4.78, 5) is 0. The molecule has 1 aromatic carbocycles. The van der Waals surface area contributed by atoms with E-state index >= 15 is 0 Å². The molecule has 112 valence electrons. The van der Waals surface area contributed by atoms with Gasteiger partial charge in [0.25, 0.3) is 0 Å². The molecule has 1 heterocycles. The Bertz CT molecular complexity index is 654. The van der Waals surface area contributed by atoms with Gasteiger partial charge in [-0.25, -0.2) is 0 Å². The molecule has 0 spiro atoms. The molecule has 0 saturated heterocycles. The minimum atomic E-state index is 0.467. The lowest BCUT2D eigenvalue weighted by molar-refractivity contribution is 0.395. The number of ether oxygens (including phenoxy) is 2. The molecule has 0 saturated carbocycles. The number of aromatic nitrogens is 2. The van der Waals surface area contributed by atoms with Crippen molar-refractivity contribution in [2.24, 2.45) is 7.05 Å². The Morgan fingerprint density at radius 1 is 1.19 bits per heavy atom. The van der Waals surface area contributed by atoms with Crippen LogP contribution < -0.4 is 20.1 Å². The molecule has 1 aromatic heterocycles. The minimum Gasteiger partial charge on any atom is -0.497 e. The van der Waals surface area contributed by atoms with E-state index < -0.39 is 0 Å². The van der Waals surface area contributed by atoms with Crippen molar-refractivity contribution < 1.29 is 9.47 Å². The van der Waals surface area contributed by atoms with Gasteiger partial charge in [-0.15, -0.1) is 0 Å². The van der Waals surface area contributed by atoms with E-state index in [0.29, 0.717) is 10.9 Å². The summed E-state index contributed by atoms with van der Waals surface area (Å²) in [5, 5.41) is 10.9. The number of nitrogens with one attached hydrogen (secondary N) is 2. The second-order valence-electron chi connectivity index (χ2n) is 4.45. The zero-order valence-electron chi connectivity index (χ0n) is 12.4. The molecule has 0 atom stereocenters. The molecule has 0 aliphatic rings. The highest BCUT2D eigenvalue weighted by Crippen LogP contribution is 2.29. The second kappa shape index (κ2) is 6.45. The first-order chi connectivity index (χ1) is 10.0. The van der Waals surface area contributed by atoms with E-state index in [4.69, 9.17) is 21.7 Å². The summed E-state index contributed by atoms with van der Waals surface area (Å²) in [7, 11) is 5.07. The van der Waals surface area contributed by atoms with Crippen molar-refractivity contribution >= 4 is 28.7 Å². The number of rotatable bonds is 4. The van der Waals surface area contributed by atoms with Crippen molar-refractivity contribution in [1.29, 1.82) is 0 Å². The van der Waals surface area contributed by atoms with E-state index in [-0.39, 0.29) is 0 Å². The van der Waals surface area contributed by atoms with Crippen molar-refractivity contribution in [1.82, 2.24) is 9.78 Å². The lowest BCUT2D eigenvalue weighted by Crippen LogP contribution is -2.19. The van der Waals surface area contributed by atoms with E-state index in [2.05, 4.69) is 15.7 Å². The molecule has 0 aliphatic carbocycles. The van der Waals surface area contributed by atoms with Crippen molar-refractivity contribution in [3.63, 3.8) is 0 Å². The van der Waals surface area contributed by atoms with Gasteiger partial charge >= 0.3 is 0 Å². The molecule has 0 unspecified atom stereocenters. The van der Waals surface area contributed by atoms with Crippen LogP contribution in [0.2, 0.25) is 0 Å². The molecular formula is C14H18N4O2S. The highest BCUT2D eigenvalue weighted by atomic mass is 32.1. The summed E-state index contributed by atoms with van der Waals surface area (Å²) >= 11 is 5.31. The Hall–Kier alpha value is -2.28. The van der Waals surface area contributed by atoms with Gasteiger partial charge in [0, 0.05) is 19.3 Å². The van der Waals surface area contributed by atoms with Crippen LogP contribution in [-0.4, -0.2) is 29.1 Å². The van der Waals surface area contributed by atoms with Crippen LogP contribution in [0, 0.1) is 6.92 Å². The fourth-order valence-corrected chi connectivity index (χ4v) is 2.12. The van der Waals surface area contributed by atoms with Crippen LogP contribution in [0.1, 0.15) is 5.69 Å². The van der Waals surface area contributed by atoms with Gasteiger partial charge in [0.15, 0.2) is 5.11 Å². The summed E-state index contributed by atoms with van der Waals surface area (Å²) in [6.07, 6.45) is 1.87. The maximum Gasteiger partial charge on any atom is 0.175 e. The van der Waals surface area contributed by atoms with Gasteiger partial charge in [-0.05, 0) is 31.3 Å². The van der Waals surface area contributed by atoms with Crippen LogP contribution in [0.3, 0.4) is 0 Å². The Morgan fingerprint density at radius 3 is 2.48 bits per heavy atom. The quantitative estimate of drug-likeness (QED) is 0.847. The molecule has 0 radical (unpaired) electrons. The number of anilines is 2. The normalized spacial score (nSPS) is 10.1. The predicted octanol–water partition coefficient (Wildman–Crippen LogP) is 2.55. The van der Waals surface area contributed by atoms with Crippen LogP contribution in [0.15, 0.2) is 24.4 Å². The summed E-state index contributed by atoms with van der Waals surface area (Å²) < 4.78 is 12.2. The van der Waals surface area contributed by atoms with Crippen LogP contribution >= 0.6 is 12.2 Å². The van der Waals surface area contributed by atoms with E-state index in [0.717, 1.165) is 22.8 Å². The largest absolute Gasteiger partial charge is 0.497 e. The van der Waals surface area contributed by atoms with E-state index in [1.165, 1.54) is 0 Å². The standard InChI is InChI=1S/C14H18N4O2S/c1-9-12(8-18(2)17-9)16-14(21)15-11-6-5-10(19-3)7-13(11)20-4/h5-8H,1-4H3,(H2,15,16,21). The van der Waals surface area contributed by atoms with Crippen LogP contribution in [0.5, 0.6) is 11.5 Å². The van der Waals surface area contributed by atoms with Gasteiger partial charge in [-0.2, -0.15) is 5.10 Å². The summed E-state index contributed by atoms with van der Waals surface area (Å²) in [6.45, 7) is 1.92. The average molecular weight is 306 g/mol. The fourth-order valence-electron chi connectivity index (χ4n) is 1.90. The Morgan fingerprint density at radius 2 is 1.90 bits per heavy atom. The predicted molar refractivity (Wildman–Crippen MR) is 87.3 cm³/mol. The van der Waals surface area contributed by atoms with Crippen molar-refractivity contribution in [2.75, 3.05) is 24.9 Å². The summed E-state index contributed by atoms with van der Waals surface area (Å²) in [5.41, 5.74) is 2.50. The number of benzene rings is 1. The molecule has 2 rings (SSSR count). The SMILES string of the molecule is COc1ccc(NC(=S)Nc2cn(C)nc2C)c(OC)c1. The third-order valence-corrected chi connectivity index (χ3v) is 3.12. The molecule has 21 heavy (non-hydrogen) atoms. The van der Waals surface area contributed by atoms with Crippen molar-refractivity contribution in [3.05, 3.63) is 30.1 Å².